The van der Waals surface area contributed by atoms with Crippen molar-refractivity contribution in [3.63, 3.8) is 0 Å². The monoisotopic (exact) mass is 342 g/mol. The molecular weight excluding hydrogens is 330 g/mol. The lowest BCUT2D eigenvalue weighted by atomic mass is 10.1. The van der Waals surface area contributed by atoms with Crippen molar-refractivity contribution in [2.45, 2.75) is 6.92 Å². The summed E-state index contributed by atoms with van der Waals surface area (Å²) in [6.45, 7) is 1.87. The summed E-state index contributed by atoms with van der Waals surface area (Å²) in [6, 6.07) is 8.81. The zero-order valence-electron chi connectivity index (χ0n) is 13.3. The highest BCUT2D eigenvalue weighted by Crippen LogP contribution is 2.34. The molecule has 0 aliphatic heterocycles. The Hall–Kier alpha value is -3.22. The zero-order chi connectivity index (χ0) is 17.6. The van der Waals surface area contributed by atoms with Gasteiger partial charge in [-0.1, -0.05) is 5.16 Å². The molecule has 0 bridgehead atoms. The van der Waals surface area contributed by atoms with Crippen LogP contribution in [0.4, 0.5) is 8.78 Å². The number of nitrogens with zero attached hydrogens (tertiary/aromatic N) is 2. The molecule has 0 saturated heterocycles. The summed E-state index contributed by atoms with van der Waals surface area (Å²) in [6.07, 6.45) is 0. The van der Waals surface area contributed by atoms with Crippen LogP contribution in [0.25, 0.3) is 34.0 Å². The first-order chi connectivity index (χ1) is 12.1. The van der Waals surface area contributed by atoms with Gasteiger partial charge in [0.2, 0.25) is 5.82 Å². The SMILES string of the molecule is COc1ccc2oc(-c3noc(-c4ccc(F)c(F)c4)n3)c(C)c2c1. The molecule has 0 aliphatic carbocycles. The summed E-state index contributed by atoms with van der Waals surface area (Å²) in [4.78, 5) is 4.23. The molecule has 0 fully saturated rings. The third-order valence-electron chi connectivity index (χ3n) is 3.94. The summed E-state index contributed by atoms with van der Waals surface area (Å²) in [7, 11) is 1.59. The van der Waals surface area contributed by atoms with Crippen LogP contribution in [0.2, 0.25) is 0 Å². The summed E-state index contributed by atoms with van der Waals surface area (Å²) < 4.78 is 42.6. The number of fused-ring (bicyclic) bond motifs is 1. The average molecular weight is 342 g/mol. The molecule has 0 saturated carbocycles. The van der Waals surface area contributed by atoms with Gasteiger partial charge in [-0.05, 0) is 43.3 Å². The van der Waals surface area contributed by atoms with Crippen molar-refractivity contribution >= 4 is 11.0 Å². The Labute approximate surface area is 140 Å². The molecule has 2 aromatic carbocycles. The van der Waals surface area contributed by atoms with Crippen LogP contribution in [-0.2, 0) is 0 Å². The molecule has 2 heterocycles. The number of ether oxygens (including phenoxy) is 1. The van der Waals surface area contributed by atoms with E-state index in [2.05, 4.69) is 10.1 Å². The minimum absolute atomic E-state index is 0.0753. The molecule has 0 spiro atoms. The molecule has 7 heteroatoms. The van der Waals surface area contributed by atoms with E-state index in [0.717, 1.165) is 23.1 Å². The lowest BCUT2D eigenvalue weighted by molar-refractivity contribution is 0.415. The fraction of sp³-hybridized carbons (Fsp3) is 0.111. The van der Waals surface area contributed by atoms with Crippen LogP contribution in [0.15, 0.2) is 45.3 Å². The fourth-order valence-corrected chi connectivity index (χ4v) is 2.60. The molecule has 25 heavy (non-hydrogen) atoms. The van der Waals surface area contributed by atoms with E-state index in [-0.39, 0.29) is 17.3 Å². The van der Waals surface area contributed by atoms with E-state index in [1.165, 1.54) is 6.07 Å². The summed E-state index contributed by atoms with van der Waals surface area (Å²) in [5, 5.41) is 4.76. The number of rotatable bonds is 3. The Balaban J connectivity index is 1.78. The van der Waals surface area contributed by atoms with Gasteiger partial charge in [-0.15, -0.1) is 0 Å². The van der Waals surface area contributed by atoms with E-state index < -0.39 is 11.6 Å². The predicted molar refractivity (Wildman–Crippen MR) is 86.1 cm³/mol. The minimum atomic E-state index is -0.982. The van der Waals surface area contributed by atoms with Gasteiger partial charge in [0.1, 0.15) is 11.3 Å². The highest BCUT2D eigenvalue weighted by molar-refractivity contribution is 5.87. The second-order valence-corrected chi connectivity index (χ2v) is 5.47. The number of furan rings is 1. The number of methoxy groups -OCH3 is 1. The molecule has 4 rings (SSSR count). The van der Waals surface area contributed by atoms with Crippen molar-refractivity contribution in [2.24, 2.45) is 0 Å². The number of hydrogen-bond donors (Lipinski definition) is 0. The molecular formula is C18H12F2N2O3. The van der Waals surface area contributed by atoms with E-state index in [1.807, 2.05) is 13.0 Å². The van der Waals surface area contributed by atoms with Gasteiger partial charge in [0.25, 0.3) is 5.89 Å². The molecule has 0 amide bonds. The van der Waals surface area contributed by atoms with Gasteiger partial charge in [0.05, 0.1) is 7.11 Å². The number of aromatic nitrogens is 2. The van der Waals surface area contributed by atoms with E-state index in [1.54, 1.807) is 19.2 Å². The van der Waals surface area contributed by atoms with E-state index in [4.69, 9.17) is 13.7 Å². The highest BCUT2D eigenvalue weighted by Gasteiger charge is 2.19. The van der Waals surface area contributed by atoms with Crippen molar-refractivity contribution < 1.29 is 22.5 Å². The highest BCUT2D eigenvalue weighted by atomic mass is 19.2. The third kappa shape index (κ3) is 2.53. The summed E-state index contributed by atoms with van der Waals surface area (Å²) in [5.74, 6) is -0.465. The number of aryl methyl sites for hydroxylation is 1. The van der Waals surface area contributed by atoms with Crippen LogP contribution in [0, 0.1) is 18.6 Å². The Morgan fingerprint density at radius 1 is 1.04 bits per heavy atom. The third-order valence-corrected chi connectivity index (χ3v) is 3.94. The maximum Gasteiger partial charge on any atom is 0.258 e. The van der Waals surface area contributed by atoms with Crippen LogP contribution < -0.4 is 4.74 Å². The Morgan fingerprint density at radius 3 is 2.64 bits per heavy atom. The maximum atomic E-state index is 13.4. The predicted octanol–water partition coefficient (Wildman–Crippen LogP) is 4.75. The van der Waals surface area contributed by atoms with Crippen molar-refractivity contribution in [1.29, 1.82) is 0 Å². The van der Waals surface area contributed by atoms with Gasteiger partial charge in [0.15, 0.2) is 17.4 Å². The number of benzene rings is 2. The van der Waals surface area contributed by atoms with Crippen LogP contribution in [0.1, 0.15) is 5.56 Å². The molecule has 0 N–H and O–H groups in total. The molecule has 0 unspecified atom stereocenters. The first-order valence-electron chi connectivity index (χ1n) is 7.43. The van der Waals surface area contributed by atoms with E-state index in [0.29, 0.717) is 17.1 Å². The quantitative estimate of drug-likeness (QED) is 0.538. The van der Waals surface area contributed by atoms with Gasteiger partial charge >= 0.3 is 0 Å². The van der Waals surface area contributed by atoms with Crippen LogP contribution in [0.5, 0.6) is 5.75 Å². The van der Waals surface area contributed by atoms with Crippen molar-refractivity contribution in [3.8, 4) is 28.8 Å². The van der Waals surface area contributed by atoms with Crippen LogP contribution >= 0.6 is 0 Å². The molecule has 4 aromatic rings. The van der Waals surface area contributed by atoms with Crippen molar-refractivity contribution in [1.82, 2.24) is 10.1 Å². The lowest BCUT2D eigenvalue weighted by Gasteiger charge is -1.97. The van der Waals surface area contributed by atoms with Gasteiger partial charge < -0.3 is 13.7 Å². The van der Waals surface area contributed by atoms with Gasteiger partial charge in [-0.2, -0.15) is 4.98 Å². The van der Waals surface area contributed by atoms with E-state index in [9.17, 15) is 8.78 Å². The van der Waals surface area contributed by atoms with Gasteiger partial charge in [-0.3, -0.25) is 0 Å². The number of hydrogen-bond acceptors (Lipinski definition) is 5. The fourth-order valence-electron chi connectivity index (χ4n) is 2.60. The van der Waals surface area contributed by atoms with Crippen molar-refractivity contribution in [2.75, 3.05) is 7.11 Å². The van der Waals surface area contributed by atoms with Crippen molar-refractivity contribution in [3.05, 3.63) is 53.6 Å². The second kappa shape index (κ2) is 5.70. The Bertz CT molecular complexity index is 1090. The lowest BCUT2D eigenvalue weighted by Crippen LogP contribution is -1.86. The summed E-state index contributed by atoms with van der Waals surface area (Å²) >= 11 is 0. The van der Waals surface area contributed by atoms with Crippen LogP contribution in [0.3, 0.4) is 0 Å². The molecule has 0 aliphatic rings. The number of halogens is 2. The smallest absolute Gasteiger partial charge is 0.258 e. The molecule has 2 aromatic heterocycles. The van der Waals surface area contributed by atoms with Gasteiger partial charge in [-0.25, -0.2) is 8.78 Å². The topological polar surface area (TPSA) is 61.3 Å². The molecule has 0 atom stereocenters. The molecule has 0 radical (unpaired) electrons. The van der Waals surface area contributed by atoms with E-state index >= 15 is 0 Å². The standard InChI is InChI=1S/C18H12F2N2O3/c1-9-12-8-11(23-2)4-6-15(12)24-16(9)17-21-18(25-22-17)10-3-5-13(19)14(20)7-10/h3-8H,1-2H3. The first kappa shape index (κ1) is 15.3. The normalized spacial score (nSPS) is 11.2. The average Bonchev–Trinajstić information content (AvgIpc) is 3.22. The van der Waals surface area contributed by atoms with Gasteiger partial charge in [0, 0.05) is 16.5 Å². The largest absolute Gasteiger partial charge is 0.497 e. The minimum Gasteiger partial charge on any atom is -0.497 e. The maximum absolute atomic E-state index is 13.4. The zero-order valence-corrected chi connectivity index (χ0v) is 13.3. The summed E-state index contributed by atoms with van der Waals surface area (Å²) in [5.41, 5.74) is 1.77. The second-order valence-electron chi connectivity index (χ2n) is 5.47. The molecule has 126 valence electrons. The Morgan fingerprint density at radius 2 is 1.88 bits per heavy atom. The van der Waals surface area contributed by atoms with Crippen LogP contribution in [-0.4, -0.2) is 17.3 Å². The first-order valence-corrected chi connectivity index (χ1v) is 7.43. The Kier molecular flexibility index (Phi) is 3.49. The molecule has 5 nitrogen and oxygen atoms in total.